The maximum Gasteiger partial charge on any atom is 0.166 e. The van der Waals surface area contributed by atoms with Gasteiger partial charge in [0, 0.05) is 34.6 Å². The first-order valence-electron chi connectivity index (χ1n) is 17.7. The lowest BCUT2D eigenvalue weighted by Crippen LogP contribution is -2.00. The van der Waals surface area contributed by atoms with Crippen molar-refractivity contribution in [1.82, 2.24) is 24.9 Å². The molecule has 1 aliphatic rings. The van der Waals surface area contributed by atoms with Crippen LogP contribution < -0.4 is 0 Å². The standard InChI is InChI=1S/C48H28N6/c49-29-42-45(51-28-27-50-42)32-19-15-30(16-20-32)36-23-25-40-38-13-7-8-14-39(38)41-26-24-37(43(36)44(40)41)31-17-21-35(22-18-31)48-53-46(33-9-3-1-4-10-33)52-47(54-48)34-11-5-2-6-12-34/h1-28H. The Morgan fingerprint density at radius 2 is 0.722 bits per heavy atom. The van der Waals surface area contributed by atoms with Gasteiger partial charge in [0.1, 0.15) is 11.8 Å². The Bertz CT molecular complexity index is 2830. The fourth-order valence-corrected chi connectivity index (χ4v) is 7.55. The van der Waals surface area contributed by atoms with Crippen molar-refractivity contribution in [2.24, 2.45) is 0 Å². The summed E-state index contributed by atoms with van der Waals surface area (Å²) in [6, 6.07) is 56.7. The quantitative estimate of drug-likeness (QED) is 0.173. The van der Waals surface area contributed by atoms with E-state index in [9.17, 15) is 5.26 Å². The minimum atomic E-state index is 0.309. The predicted molar refractivity (Wildman–Crippen MR) is 215 cm³/mol. The molecule has 0 atom stereocenters. The van der Waals surface area contributed by atoms with Gasteiger partial charge in [-0.1, -0.05) is 158 Å². The largest absolute Gasteiger partial charge is 0.252 e. The Morgan fingerprint density at radius 3 is 1.22 bits per heavy atom. The van der Waals surface area contributed by atoms with Gasteiger partial charge in [-0.15, -0.1) is 0 Å². The van der Waals surface area contributed by atoms with E-state index in [1.165, 1.54) is 33.0 Å². The van der Waals surface area contributed by atoms with Gasteiger partial charge in [-0.2, -0.15) is 5.26 Å². The van der Waals surface area contributed by atoms with Crippen molar-refractivity contribution in [2.75, 3.05) is 0 Å². The van der Waals surface area contributed by atoms with E-state index < -0.39 is 0 Å². The van der Waals surface area contributed by atoms with Gasteiger partial charge < -0.3 is 0 Å². The highest BCUT2D eigenvalue weighted by molar-refractivity contribution is 6.22. The van der Waals surface area contributed by atoms with E-state index in [1.54, 1.807) is 12.4 Å². The van der Waals surface area contributed by atoms with E-state index in [-0.39, 0.29) is 0 Å². The Kier molecular flexibility index (Phi) is 7.41. The number of nitriles is 1. The van der Waals surface area contributed by atoms with E-state index >= 15 is 0 Å². The maximum absolute atomic E-state index is 9.64. The van der Waals surface area contributed by atoms with Gasteiger partial charge in [0.05, 0.1) is 0 Å². The number of nitrogens with zero attached hydrogens (tertiary/aromatic N) is 6. The smallest absolute Gasteiger partial charge is 0.166 e. The number of aromatic nitrogens is 5. The highest BCUT2D eigenvalue weighted by atomic mass is 15.0. The Balaban J connectivity index is 1.11. The molecule has 2 aromatic heterocycles. The summed E-state index contributed by atoms with van der Waals surface area (Å²) in [5.74, 6) is 1.89. The number of hydrogen-bond acceptors (Lipinski definition) is 6. The van der Waals surface area contributed by atoms with Gasteiger partial charge in [0.25, 0.3) is 0 Å². The van der Waals surface area contributed by atoms with Crippen molar-refractivity contribution in [3.63, 3.8) is 0 Å². The molecule has 0 amide bonds. The summed E-state index contributed by atoms with van der Waals surface area (Å²) >= 11 is 0. The van der Waals surface area contributed by atoms with Crippen molar-refractivity contribution in [3.8, 4) is 96.0 Å². The Labute approximate surface area is 311 Å². The van der Waals surface area contributed by atoms with Crippen LogP contribution in [0.5, 0.6) is 0 Å². The van der Waals surface area contributed by atoms with Crippen LogP contribution in [0.2, 0.25) is 0 Å². The van der Waals surface area contributed by atoms with Gasteiger partial charge >= 0.3 is 0 Å². The molecule has 10 rings (SSSR count). The van der Waals surface area contributed by atoms with E-state index in [1.807, 2.05) is 72.8 Å². The molecule has 0 aliphatic heterocycles. The zero-order valence-corrected chi connectivity index (χ0v) is 28.8. The summed E-state index contributed by atoms with van der Waals surface area (Å²) in [5, 5.41) is 12.1. The summed E-state index contributed by atoms with van der Waals surface area (Å²) in [7, 11) is 0. The first-order chi connectivity index (χ1) is 26.7. The molecule has 6 nitrogen and oxygen atoms in total. The van der Waals surface area contributed by atoms with Crippen LogP contribution in [-0.4, -0.2) is 24.9 Å². The average Bonchev–Trinajstić information content (AvgIpc) is 3.59. The second-order valence-electron chi connectivity index (χ2n) is 13.2. The minimum absolute atomic E-state index is 0.309. The number of rotatable bonds is 6. The molecule has 2 heterocycles. The molecule has 9 aromatic rings. The van der Waals surface area contributed by atoms with Crippen LogP contribution >= 0.6 is 0 Å². The summed E-state index contributed by atoms with van der Waals surface area (Å²) in [6.07, 6.45) is 3.16. The van der Waals surface area contributed by atoms with Gasteiger partial charge in [0.15, 0.2) is 23.2 Å². The van der Waals surface area contributed by atoms with Crippen molar-refractivity contribution in [2.45, 2.75) is 0 Å². The molecule has 6 heteroatoms. The SMILES string of the molecule is N#Cc1nccnc1-c1ccc(-c2ccc3c4c(ccc(-c5ccc(-c6nc(-c7ccccc7)nc(-c7ccccc7)n6)cc5)c24)-c2ccccc2-3)cc1. The second-order valence-corrected chi connectivity index (χ2v) is 13.2. The molecule has 0 saturated carbocycles. The molecule has 54 heavy (non-hydrogen) atoms. The fourth-order valence-electron chi connectivity index (χ4n) is 7.55. The summed E-state index contributed by atoms with van der Waals surface area (Å²) < 4.78 is 0. The lowest BCUT2D eigenvalue weighted by molar-refractivity contribution is 1.07. The van der Waals surface area contributed by atoms with Crippen molar-refractivity contribution >= 4 is 10.8 Å². The fraction of sp³-hybridized carbons (Fsp3) is 0. The van der Waals surface area contributed by atoms with Crippen LogP contribution in [-0.2, 0) is 0 Å². The van der Waals surface area contributed by atoms with Gasteiger partial charge in [0.2, 0.25) is 0 Å². The van der Waals surface area contributed by atoms with E-state index in [0.29, 0.717) is 28.9 Å². The zero-order valence-electron chi connectivity index (χ0n) is 28.8. The molecule has 0 N–H and O–H groups in total. The van der Waals surface area contributed by atoms with E-state index in [2.05, 4.69) is 101 Å². The topological polar surface area (TPSA) is 88.2 Å². The highest BCUT2D eigenvalue weighted by Crippen LogP contribution is 2.52. The zero-order chi connectivity index (χ0) is 36.0. The van der Waals surface area contributed by atoms with Gasteiger partial charge in [-0.25, -0.2) is 19.9 Å². The summed E-state index contributed by atoms with van der Waals surface area (Å²) in [5.41, 5.74) is 13.9. The second kappa shape index (κ2) is 12.9. The van der Waals surface area contributed by atoms with E-state index in [0.717, 1.165) is 44.5 Å². The number of benzene rings is 7. The summed E-state index contributed by atoms with van der Waals surface area (Å²) in [6.45, 7) is 0. The van der Waals surface area contributed by atoms with Crippen molar-refractivity contribution in [1.29, 1.82) is 5.26 Å². The van der Waals surface area contributed by atoms with Crippen LogP contribution in [0, 0.1) is 11.3 Å². The Hall–Kier alpha value is -7.62. The third-order valence-electron chi connectivity index (χ3n) is 10.1. The normalized spacial score (nSPS) is 11.3. The molecule has 250 valence electrons. The summed E-state index contributed by atoms with van der Waals surface area (Å²) in [4.78, 5) is 23.4. The van der Waals surface area contributed by atoms with Crippen LogP contribution in [0.1, 0.15) is 5.69 Å². The van der Waals surface area contributed by atoms with Crippen LogP contribution in [0.15, 0.2) is 170 Å². The molecular weight excluding hydrogens is 661 g/mol. The Morgan fingerprint density at radius 1 is 0.333 bits per heavy atom. The van der Waals surface area contributed by atoms with Crippen molar-refractivity contribution < 1.29 is 0 Å². The molecule has 0 fully saturated rings. The number of fused-ring (bicyclic) bond motifs is 3. The molecule has 0 radical (unpaired) electrons. The minimum Gasteiger partial charge on any atom is -0.252 e. The first kappa shape index (κ1) is 31.1. The predicted octanol–water partition coefficient (Wildman–Crippen LogP) is 11.3. The molecular formula is C48H28N6. The van der Waals surface area contributed by atoms with E-state index in [4.69, 9.17) is 15.0 Å². The number of hydrogen-bond donors (Lipinski definition) is 0. The molecule has 0 spiro atoms. The van der Waals surface area contributed by atoms with Crippen LogP contribution in [0.3, 0.4) is 0 Å². The molecule has 7 aromatic carbocycles. The lowest BCUT2D eigenvalue weighted by atomic mass is 9.88. The highest BCUT2D eigenvalue weighted by Gasteiger charge is 2.25. The third-order valence-corrected chi connectivity index (χ3v) is 10.1. The van der Waals surface area contributed by atoms with Gasteiger partial charge in [-0.3, -0.25) is 4.98 Å². The average molecular weight is 689 g/mol. The first-order valence-corrected chi connectivity index (χ1v) is 17.7. The van der Waals surface area contributed by atoms with Crippen LogP contribution in [0.25, 0.3) is 101 Å². The monoisotopic (exact) mass is 688 g/mol. The van der Waals surface area contributed by atoms with Crippen molar-refractivity contribution in [3.05, 3.63) is 176 Å². The van der Waals surface area contributed by atoms with Crippen LogP contribution in [0.4, 0.5) is 0 Å². The molecule has 0 saturated heterocycles. The maximum atomic E-state index is 9.64. The third kappa shape index (κ3) is 5.23. The molecule has 0 unspecified atom stereocenters. The van der Waals surface area contributed by atoms with Gasteiger partial charge in [-0.05, 0) is 55.3 Å². The molecule has 1 aliphatic carbocycles. The lowest BCUT2D eigenvalue weighted by Gasteiger charge is -2.16. The molecule has 0 bridgehead atoms.